The van der Waals surface area contributed by atoms with Crippen molar-refractivity contribution in [3.8, 4) is 0 Å². The molecule has 112 valence electrons. The van der Waals surface area contributed by atoms with Crippen molar-refractivity contribution in [3.05, 3.63) is 21.0 Å². The molecule has 9 heteroatoms. The highest BCUT2D eigenvalue weighted by Crippen LogP contribution is 2.13. The maximum absolute atomic E-state index is 12.3. The number of halogens is 1. The van der Waals surface area contributed by atoms with Crippen LogP contribution in [0.5, 0.6) is 0 Å². The molecule has 0 aromatic carbocycles. The van der Waals surface area contributed by atoms with Gasteiger partial charge in [0.15, 0.2) is 0 Å². The molecular formula is C11H16BrN3O5. The first kappa shape index (κ1) is 14.1. The van der Waals surface area contributed by atoms with E-state index in [1.807, 2.05) is 0 Å². The molecule has 0 saturated carbocycles. The van der Waals surface area contributed by atoms with Crippen LogP contribution >= 0.6 is 15.9 Å². The lowest BCUT2D eigenvalue weighted by atomic mass is 10.4. The Balaban J connectivity index is 1.94. The topological polar surface area (TPSA) is 94.2 Å². The van der Waals surface area contributed by atoms with E-state index in [1.165, 1.54) is 9.36 Å². The SMILES string of the molecule is O=c1n(CC(O)CBr)c(=O)n(CC2CO2)n1CC1CO1. The normalized spacial score (nSPS) is 25.7. The van der Waals surface area contributed by atoms with E-state index < -0.39 is 17.5 Å². The number of hydrogen-bond acceptors (Lipinski definition) is 5. The quantitative estimate of drug-likeness (QED) is 0.471. The van der Waals surface area contributed by atoms with Crippen molar-refractivity contribution >= 4 is 15.9 Å². The molecule has 20 heavy (non-hydrogen) atoms. The van der Waals surface area contributed by atoms with Gasteiger partial charge in [-0.3, -0.25) is 0 Å². The van der Waals surface area contributed by atoms with E-state index in [4.69, 9.17) is 9.47 Å². The van der Waals surface area contributed by atoms with Crippen molar-refractivity contribution < 1.29 is 14.6 Å². The van der Waals surface area contributed by atoms with Crippen LogP contribution in [0, 0.1) is 0 Å². The highest BCUT2D eigenvalue weighted by Gasteiger charge is 2.30. The Bertz CT molecular complexity index is 553. The van der Waals surface area contributed by atoms with E-state index in [0.29, 0.717) is 31.6 Å². The number of aliphatic hydroxyl groups is 1. The van der Waals surface area contributed by atoms with Gasteiger partial charge in [0.1, 0.15) is 12.2 Å². The first-order valence-electron chi connectivity index (χ1n) is 6.48. The fourth-order valence-electron chi connectivity index (χ4n) is 2.07. The molecule has 1 aromatic rings. The summed E-state index contributed by atoms with van der Waals surface area (Å²) in [4.78, 5) is 24.6. The van der Waals surface area contributed by atoms with Gasteiger partial charge in [-0.1, -0.05) is 15.9 Å². The van der Waals surface area contributed by atoms with Gasteiger partial charge in [0.05, 0.1) is 39.0 Å². The van der Waals surface area contributed by atoms with Gasteiger partial charge in [-0.15, -0.1) is 0 Å². The minimum absolute atomic E-state index is 0.00424. The zero-order valence-electron chi connectivity index (χ0n) is 10.8. The van der Waals surface area contributed by atoms with Gasteiger partial charge in [-0.25, -0.2) is 23.5 Å². The van der Waals surface area contributed by atoms with Crippen molar-refractivity contribution in [3.63, 3.8) is 0 Å². The van der Waals surface area contributed by atoms with Gasteiger partial charge >= 0.3 is 11.4 Å². The molecular weight excluding hydrogens is 334 g/mol. The Hall–Kier alpha value is -0.900. The molecule has 3 rings (SSSR count). The first-order chi connectivity index (χ1) is 9.60. The average Bonchev–Trinajstić information content (AvgIpc) is 3.32. The Kier molecular flexibility index (Phi) is 3.85. The van der Waals surface area contributed by atoms with Crippen molar-refractivity contribution in [2.45, 2.75) is 37.9 Å². The third-order valence-electron chi connectivity index (χ3n) is 3.32. The van der Waals surface area contributed by atoms with Crippen molar-refractivity contribution in [1.82, 2.24) is 13.9 Å². The van der Waals surface area contributed by atoms with Gasteiger partial charge in [-0.05, 0) is 0 Å². The van der Waals surface area contributed by atoms with Gasteiger partial charge in [0.25, 0.3) is 0 Å². The molecule has 0 bridgehead atoms. The van der Waals surface area contributed by atoms with Crippen molar-refractivity contribution in [2.75, 3.05) is 18.5 Å². The van der Waals surface area contributed by atoms with Gasteiger partial charge in [-0.2, -0.15) is 0 Å². The number of epoxide rings is 2. The highest BCUT2D eigenvalue weighted by molar-refractivity contribution is 9.09. The molecule has 2 aliphatic rings. The fraction of sp³-hybridized carbons (Fsp3) is 0.818. The maximum atomic E-state index is 12.3. The molecule has 1 N–H and O–H groups in total. The maximum Gasteiger partial charge on any atom is 0.347 e. The van der Waals surface area contributed by atoms with E-state index in [-0.39, 0.29) is 18.8 Å². The van der Waals surface area contributed by atoms with Crippen LogP contribution < -0.4 is 11.4 Å². The molecule has 0 amide bonds. The molecule has 2 saturated heterocycles. The van der Waals surface area contributed by atoms with Crippen LogP contribution in [-0.4, -0.2) is 55.9 Å². The summed E-state index contributed by atoms with van der Waals surface area (Å²) in [5, 5.41) is 9.94. The van der Waals surface area contributed by atoms with Gasteiger partial charge in [0.2, 0.25) is 0 Å². The lowest BCUT2D eigenvalue weighted by Gasteiger charge is -2.05. The molecule has 2 fully saturated rings. The van der Waals surface area contributed by atoms with Crippen LogP contribution in [0.3, 0.4) is 0 Å². The molecule has 0 radical (unpaired) electrons. The third kappa shape index (κ3) is 2.90. The summed E-state index contributed by atoms with van der Waals surface area (Å²) in [5.41, 5.74) is -0.822. The summed E-state index contributed by atoms with van der Waals surface area (Å²) in [6.07, 6.45) is -0.787. The molecule has 3 atom stereocenters. The zero-order chi connectivity index (χ0) is 14.3. The molecule has 0 spiro atoms. The minimum atomic E-state index is -0.779. The zero-order valence-corrected chi connectivity index (χ0v) is 12.4. The molecule has 8 nitrogen and oxygen atoms in total. The summed E-state index contributed by atoms with van der Waals surface area (Å²) < 4.78 is 14.1. The first-order valence-corrected chi connectivity index (χ1v) is 7.60. The molecule has 1 aromatic heterocycles. The van der Waals surface area contributed by atoms with E-state index in [9.17, 15) is 14.7 Å². The van der Waals surface area contributed by atoms with Gasteiger partial charge < -0.3 is 14.6 Å². The van der Waals surface area contributed by atoms with Gasteiger partial charge in [0, 0.05) is 5.33 Å². The van der Waals surface area contributed by atoms with E-state index in [1.54, 1.807) is 0 Å². The van der Waals surface area contributed by atoms with Crippen LogP contribution in [0.15, 0.2) is 9.59 Å². The number of aromatic nitrogens is 3. The largest absolute Gasteiger partial charge is 0.390 e. The molecule has 3 unspecified atom stereocenters. The van der Waals surface area contributed by atoms with E-state index >= 15 is 0 Å². The van der Waals surface area contributed by atoms with Crippen molar-refractivity contribution in [2.24, 2.45) is 0 Å². The number of rotatable bonds is 7. The Morgan fingerprint density at radius 1 is 1.15 bits per heavy atom. The Labute approximate surface area is 122 Å². The third-order valence-corrected chi connectivity index (χ3v) is 4.07. The lowest BCUT2D eigenvalue weighted by Crippen LogP contribution is -2.34. The standard InChI is InChI=1S/C11H16BrN3O5/c12-1-7(16)2-13-10(17)14(3-8-5-19-8)15(11(13)18)4-9-6-20-9/h7-9,16H,1-6H2. The second-order valence-corrected chi connectivity index (χ2v) is 5.71. The van der Waals surface area contributed by atoms with Crippen LogP contribution in [0.4, 0.5) is 0 Å². The van der Waals surface area contributed by atoms with Crippen LogP contribution in [0.1, 0.15) is 0 Å². The summed E-state index contributed by atoms with van der Waals surface area (Å²) in [7, 11) is 0. The number of hydrogen-bond donors (Lipinski definition) is 1. The summed E-state index contributed by atoms with van der Waals surface area (Å²) in [6.45, 7) is 1.91. The predicted molar refractivity (Wildman–Crippen MR) is 72.2 cm³/mol. The lowest BCUT2D eigenvalue weighted by molar-refractivity contribution is 0.176. The second-order valence-electron chi connectivity index (χ2n) is 5.06. The average molecular weight is 350 g/mol. The monoisotopic (exact) mass is 349 g/mol. The summed E-state index contributed by atoms with van der Waals surface area (Å²) in [6, 6.07) is 0. The molecule has 3 heterocycles. The number of ether oxygens (including phenoxy) is 2. The summed E-state index contributed by atoms with van der Waals surface area (Å²) >= 11 is 3.13. The molecule has 2 aliphatic heterocycles. The predicted octanol–water partition coefficient (Wildman–Crippen LogP) is -1.64. The van der Waals surface area contributed by atoms with E-state index in [0.717, 1.165) is 4.57 Å². The fourth-order valence-corrected chi connectivity index (χ4v) is 2.27. The summed E-state index contributed by atoms with van der Waals surface area (Å²) in [5.74, 6) is 0. The number of alkyl halides is 1. The minimum Gasteiger partial charge on any atom is -0.390 e. The van der Waals surface area contributed by atoms with E-state index in [2.05, 4.69) is 15.9 Å². The second kappa shape index (κ2) is 5.47. The number of aliphatic hydroxyl groups excluding tert-OH is 1. The number of nitrogens with zero attached hydrogens (tertiary/aromatic N) is 3. The Morgan fingerprint density at radius 2 is 1.60 bits per heavy atom. The Morgan fingerprint density at radius 3 is 1.95 bits per heavy atom. The van der Waals surface area contributed by atoms with Crippen LogP contribution in [0.2, 0.25) is 0 Å². The van der Waals surface area contributed by atoms with Crippen LogP contribution in [0.25, 0.3) is 0 Å². The van der Waals surface area contributed by atoms with Crippen molar-refractivity contribution in [1.29, 1.82) is 0 Å². The highest BCUT2D eigenvalue weighted by atomic mass is 79.9. The van der Waals surface area contributed by atoms with Crippen LogP contribution in [-0.2, 0) is 29.1 Å². The smallest absolute Gasteiger partial charge is 0.347 e. The molecule has 0 aliphatic carbocycles.